The molecule has 0 aliphatic heterocycles. The second kappa shape index (κ2) is 4.08. The minimum Gasteiger partial charge on any atom is -0.264 e. The number of hydrogen-bond acceptors (Lipinski definition) is 4. The zero-order valence-corrected chi connectivity index (χ0v) is 9.27. The zero-order valence-electron chi connectivity index (χ0n) is 9.27. The summed E-state index contributed by atoms with van der Waals surface area (Å²) in [5.41, 5.74) is -0.0279. The van der Waals surface area contributed by atoms with Crippen LogP contribution in [0.1, 0.15) is 33.6 Å². The first-order valence-electron chi connectivity index (χ1n) is 5.07. The maximum absolute atomic E-state index is 10.9. The van der Waals surface area contributed by atoms with E-state index in [1.165, 1.54) is 0 Å². The van der Waals surface area contributed by atoms with Gasteiger partial charge in [0.2, 0.25) is 6.04 Å². The van der Waals surface area contributed by atoms with Gasteiger partial charge in [0.05, 0.1) is 0 Å². The van der Waals surface area contributed by atoms with Gasteiger partial charge in [0, 0.05) is 17.8 Å². The molecule has 5 heteroatoms. The molecule has 0 aromatic carbocycles. The monoisotopic (exact) mass is 212 g/mol. The Morgan fingerprint density at radius 3 is 2.67 bits per heavy atom. The molecule has 84 valence electrons. The minimum absolute atomic E-state index is 0.295. The van der Waals surface area contributed by atoms with Crippen LogP contribution in [0, 0.1) is 20.9 Å². The van der Waals surface area contributed by atoms with Crippen molar-refractivity contribution in [2.75, 3.05) is 0 Å². The van der Waals surface area contributed by atoms with Gasteiger partial charge in [-0.1, -0.05) is 30.7 Å². The first-order chi connectivity index (χ1) is 6.90. The number of nitro groups is 1. The summed E-state index contributed by atoms with van der Waals surface area (Å²) in [6.07, 6.45) is 2.63. The first kappa shape index (κ1) is 11.8. The van der Waals surface area contributed by atoms with E-state index in [1.807, 2.05) is 19.9 Å². The zero-order chi connectivity index (χ0) is 11.6. The van der Waals surface area contributed by atoms with Gasteiger partial charge in [-0.15, -0.1) is 4.91 Å². The van der Waals surface area contributed by atoms with E-state index >= 15 is 0 Å². The van der Waals surface area contributed by atoms with Gasteiger partial charge in [-0.2, -0.15) is 0 Å². The fourth-order valence-electron chi connectivity index (χ4n) is 1.87. The highest BCUT2D eigenvalue weighted by Crippen LogP contribution is 2.35. The van der Waals surface area contributed by atoms with Crippen LogP contribution in [0.2, 0.25) is 0 Å². The van der Waals surface area contributed by atoms with Gasteiger partial charge >= 0.3 is 0 Å². The molecule has 5 nitrogen and oxygen atoms in total. The van der Waals surface area contributed by atoms with E-state index in [9.17, 15) is 15.0 Å². The fourth-order valence-corrected chi connectivity index (χ4v) is 1.87. The van der Waals surface area contributed by atoms with Crippen molar-refractivity contribution < 1.29 is 4.92 Å². The second-order valence-electron chi connectivity index (χ2n) is 4.59. The van der Waals surface area contributed by atoms with Crippen LogP contribution in [-0.2, 0) is 0 Å². The van der Waals surface area contributed by atoms with Gasteiger partial charge in [0.1, 0.15) is 0 Å². The van der Waals surface area contributed by atoms with Crippen LogP contribution in [0.15, 0.2) is 16.8 Å². The summed E-state index contributed by atoms with van der Waals surface area (Å²) < 4.78 is 0. The third kappa shape index (κ3) is 2.22. The quantitative estimate of drug-likeness (QED) is 0.312. The number of nitrogens with zero attached hydrogens (tertiary/aromatic N) is 2. The summed E-state index contributed by atoms with van der Waals surface area (Å²) in [6, 6.07) is -0.877. The Balaban J connectivity index is 2.98. The molecule has 0 heterocycles. The van der Waals surface area contributed by atoms with E-state index in [4.69, 9.17) is 0 Å². The summed E-state index contributed by atoms with van der Waals surface area (Å²) in [7, 11) is 0. The standard InChI is InChI=1S/C10H16N2O3/c1-7(2)8-4-5-10(3,11-13)9(6-8)12(14)15/h4,7,9H,5-6H2,1-3H3. The largest absolute Gasteiger partial charge is 0.264 e. The second-order valence-corrected chi connectivity index (χ2v) is 4.59. The Kier molecular flexibility index (Phi) is 3.21. The van der Waals surface area contributed by atoms with E-state index in [0.29, 0.717) is 18.8 Å². The average Bonchev–Trinajstić information content (AvgIpc) is 2.17. The van der Waals surface area contributed by atoms with Gasteiger partial charge in [-0.05, 0) is 12.8 Å². The van der Waals surface area contributed by atoms with Gasteiger partial charge < -0.3 is 0 Å². The Labute approximate surface area is 88.7 Å². The van der Waals surface area contributed by atoms with Crippen LogP contribution >= 0.6 is 0 Å². The van der Waals surface area contributed by atoms with Gasteiger partial charge in [-0.3, -0.25) is 10.1 Å². The molecule has 0 aromatic heterocycles. The van der Waals surface area contributed by atoms with Gasteiger partial charge in [0.25, 0.3) is 0 Å². The van der Waals surface area contributed by atoms with E-state index in [2.05, 4.69) is 5.18 Å². The predicted octanol–water partition coefficient (Wildman–Crippen LogP) is 2.53. The molecule has 0 spiro atoms. The fraction of sp³-hybridized carbons (Fsp3) is 0.800. The minimum atomic E-state index is -1.08. The van der Waals surface area contributed by atoms with Crippen LogP contribution < -0.4 is 0 Å². The van der Waals surface area contributed by atoms with Crippen molar-refractivity contribution in [2.24, 2.45) is 11.1 Å². The molecule has 1 aliphatic carbocycles. The molecule has 0 N–H and O–H groups in total. The van der Waals surface area contributed by atoms with Crippen LogP contribution in [0.5, 0.6) is 0 Å². The van der Waals surface area contributed by atoms with Crippen molar-refractivity contribution in [3.8, 4) is 0 Å². The lowest BCUT2D eigenvalue weighted by Crippen LogP contribution is -2.45. The molecule has 0 fully saturated rings. The molecule has 2 atom stereocenters. The Hall–Kier alpha value is -1.26. The van der Waals surface area contributed by atoms with Gasteiger partial charge in [0.15, 0.2) is 5.54 Å². The SMILES string of the molecule is CC(C)C1=CCC(C)(N=O)C([N+](=O)[O-])C1. The highest BCUT2D eigenvalue weighted by Gasteiger charge is 2.47. The third-order valence-corrected chi connectivity index (χ3v) is 3.13. The molecule has 2 unspecified atom stereocenters. The molecule has 0 radical (unpaired) electrons. The maximum Gasteiger partial charge on any atom is 0.245 e. The van der Waals surface area contributed by atoms with Crippen molar-refractivity contribution in [1.82, 2.24) is 0 Å². The lowest BCUT2D eigenvalue weighted by atomic mass is 9.77. The molecule has 0 saturated heterocycles. The molecule has 1 aliphatic rings. The van der Waals surface area contributed by atoms with Crippen molar-refractivity contribution in [1.29, 1.82) is 0 Å². The number of hydrogen-bond donors (Lipinski definition) is 0. The number of nitroso groups, excluding NO2 is 1. The molecule has 0 amide bonds. The van der Waals surface area contributed by atoms with Crippen LogP contribution in [0.3, 0.4) is 0 Å². The van der Waals surface area contributed by atoms with Crippen molar-refractivity contribution in [3.05, 3.63) is 26.7 Å². The van der Waals surface area contributed by atoms with Crippen LogP contribution in [-0.4, -0.2) is 16.5 Å². The Morgan fingerprint density at radius 2 is 2.27 bits per heavy atom. The predicted molar refractivity (Wildman–Crippen MR) is 57.1 cm³/mol. The molecular weight excluding hydrogens is 196 g/mol. The molecule has 15 heavy (non-hydrogen) atoms. The normalized spacial score (nSPS) is 31.2. The molecule has 1 rings (SSSR count). The van der Waals surface area contributed by atoms with E-state index in [1.54, 1.807) is 6.92 Å². The molecule has 0 bridgehead atoms. The van der Waals surface area contributed by atoms with Crippen LogP contribution in [0.4, 0.5) is 0 Å². The highest BCUT2D eigenvalue weighted by molar-refractivity contribution is 5.17. The lowest BCUT2D eigenvalue weighted by molar-refractivity contribution is -0.533. The molecule has 0 saturated carbocycles. The number of rotatable bonds is 3. The summed E-state index contributed by atoms with van der Waals surface area (Å²) >= 11 is 0. The first-order valence-corrected chi connectivity index (χ1v) is 5.07. The summed E-state index contributed by atoms with van der Waals surface area (Å²) in [6.45, 7) is 5.56. The summed E-state index contributed by atoms with van der Waals surface area (Å²) in [5, 5.41) is 13.8. The van der Waals surface area contributed by atoms with E-state index in [0.717, 1.165) is 5.57 Å². The summed E-state index contributed by atoms with van der Waals surface area (Å²) in [4.78, 5) is 21.2. The third-order valence-electron chi connectivity index (χ3n) is 3.13. The molecular formula is C10H16N2O3. The van der Waals surface area contributed by atoms with Crippen molar-refractivity contribution in [3.63, 3.8) is 0 Å². The van der Waals surface area contributed by atoms with Gasteiger partial charge in [-0.25, -0.2) is 0 Å². The highest BCUT2D eigenvalue weighted by atomic mass is 16.6. The average molecular weight is 212 g/mol. The Morgan fingerprint density at radius 1 is 1.67 bits per heavy atom. The molecule has 0 aromatic rings. The van der Waals surface area contributed by atoms with E-state index < -0.39 is 11.6 Å². The summed E-state index contributed by atoms with van der Waals surface area (Å²) in [5.74, 6) is 0.295. The van der Waals surface area contributed by atoms with E-state index in [-0.39, 0.29) is 4.92 Å². The Bertz CT molecular complexity index is 312. The van der Waals surface area contributed by atoms with Crippen molar-refractivity contribution >= 4 is 0 Å². The topological polar surface area (TPSA) is 72.6 Å². The van der Waals surface area contributed by atoms with Crippen LogP contribution in [0.25, 0.3) is 0 Å². The lowest BCUT2D eigenvalue weighted by Gasteiger charge is -2.30. The van der Waals surface area contributed by atoms with Crippen molar-refractivity contribution in [2.45, 2.75) is 45.2 Å². The maximum atomic E-state index is 10.9. The smallest absolute Gasteiger partial charge is 0.245 e.